The molecule has 5 aromatic rings. The van der Waals surface area contributed by atoms with Gasteiger partial charge >= 0.3 is 5.76 Å². The molecule has 2 N–H and O–H groups in total. The Morgan fingerprint density at radius 3 is 2.81 bits per heavy atom. The Hall–Kier alpha value is -4.47. The fourth-order valence-corrected chi connectivity index (χ4v) is 3.45. The zero-order valence-electron chi connectivity index (χ0n) is 16.1. The Balaban J connectivity index is 1.40. The van der Waals surface area contributed by atoms with Crippen molar-refractivity contribution >= 4 is 33.7 Å². The van der Waals surface area contributed by atoms with E-state index in [4.69, 9.17) is 4.42 Å². The number of H-pyrrole nitrogens is 1. The molecule has 0 saturated carbocycles. The quantitative estimate of drug-likeness (QED) is 0.451. The van der Waals surface area contributed by atoms with Gasteiger partial charge in [-0.15, -0.1) is 0 Å². The van der Waals surface area contributed by atoms with Crippen LogP contribution < -0.4 is 16.6 Å². The summed E-state index contributed by atoms with van der Waals surface area (Å²) >= 11 is 0. The predicted octanol–water partition coefficient (Wildman–Crippen LogP) is 2.05. The summed E-state index contributed by atoms with van der Waals surface area (Å²) in [6.45, 7) is 0.172. The molecule has 3 aromatic heterocycles. The molecule has 0 aliphatic carbocycles. The van der Waals surface area contributed by atoms with Gasteiger partial charge in [0, 0.05) is 13.0 Å². The predicted molar refractivity (Wildman–Crippen MR) is 113 cm³/mol. The third-order valence-electron chi connectivity index (χ3n) is 4.91. The second-order valence-electron chi connectivity index (χ2n) is 6.83. The molecule has 0 bridgehead atoms. The van der Waals surface area contributed by atoms with Crippen LogP contribution in [0.4, 0.5) is 5.69 Å². The molecular formula is C21H16N6O4. The standard InChI is InChI=1S/C21H16N6O4/c28-18(9-10-26-16-7-3-4-8-17(16)31-21(26)30)25-14-5-1-2-6-15(14)27-19-13(11-24-27)20(29)23-12-22-19/h1-8,11-12H,9-10H2,(H,25,28)(H,22,23,29). The van der Waals surface area contributed by atoms with Crippen LogP contribution in [-0.4, -0.2) is 30.2 Å². The molecule has 10 heteroatoms. The van der Waals surface area contributed by atoms with E-state index < -0.39 is 5.76 Å². The lowest BCUT2D eigenvalue weighted by Gasteiger charge is -2.11. The van der Waals surface area contributed by atoms with Gasteiger partial charge in [-0.25, -0.2) is 14.5 Å². The molecule has 0 aliphatic rings. The zero-order chi connectivity index (χ0) is 21.4. The fraction of sp³-hybridized carbons (Fsp3) is 0.0952. The van der Waals surface area contributed by atoms with E-state index in [9.17, 15) is 14.4 Å². The second kappa shape index (κ2) is 7.41. The molecule has 1 amide bonds. The summed E-state index contributed by atoms with van der Waals surface area (Å²) in [5, 5.41) is 7.44. The lowest BCUT2D eigenvalue weighted by atomic mass is 10.2. The zero-order valence-corrected chi connectivity index (χ0v) is 16.1. The molecule has 0 spiro atoms. The van der Waals surface area contributed by atoms with Crippen LogP contribution in [0.2, 0.25) is 0 Å². The molecule has 154 valence electrons. The van der Waals surface area contributed by atoms with Gasteiger partial charge < -0.3 is 14.7 Å². The Morgan fingerprint density at radius 1 is 1.10 bits per heavy atom. The van der Waals surface area contributed by atoms with E-state index in [0.29, 0.717) is 33.5 Å². The minimum atomic E-state index is -0.506. The van der Waals surface area contributed by atoms with E-state index in [1.165, 1.54) is 21.8 Å². The fourth-order valence-electron chi connectivity index (χ4n) is 3.45. The van der Waals surface area contributed by atoms with Gasteiger partial charge in [-0.3, -0.25) is 14.2 Å². The first-order valence-electron chi connectivity index (χ1n) is 9.51. The number of nitrogens with one attached hydrogen (secondary N) is 2. The smallest absolute Gasteiger partial charge is 0.408 e. The maximum atomic E-state index is 12.6. The number of aromatic amines is 1. The molecule has 5 rings (SSSR count). The van der Waals surface area contributed by atoms with Crippen LogP contribution in [0.1, 0.15) is 6.42 Å². The summed E-state index contributed by atoms with van der Waals surface area (Å²) in [5.74, 6) is -0.791. The highest BCUT2D eigenvalue weighted by molar-refractivity contribution is 5.93. The minimum absolute atomic E-state index is 0.0650. The van der Waals surface area contributed by atoms with E-state index in [1.54, 1.807) is 48.5 Å². The summed E-state index contributed by atoms with van der Waals surface area (Å²) in [4.78, 5) is 43.4. The lowest BCUT2D eigenvalue weighted by Crippen LogP contribution is -2.20. The van der Waals surface area contributed by atoms with Gasteiger partial charge in [0.25, 0.3) is 5.56 Å². The lowest BCUT2D eigenvalue weighted by molar-refractivity contribution is -0.116. The van der Waals surface area contributed by atoms with Gasteiger partial charge in [-0.2, -0.15) is 5.10 Å². The van der Waals surface area contributed by atoms with E-state index in [2.05, 4.69) is 20.4 Å². The maximum absolute atomic E-state index is 12.6. The molecule has 31 heavy (non-hydrogen) atoms. The van der Waals surface area contributed by atoms with Crippen molar-refractivity contribution < 1.29 is 9.21 Å². The number of para-hydroxylation sites is 4. The van der Waals surface area contributed by atoms with Gasteiger partial charge in [-0.05, 0) is 24.3 Å². The number of oxazole rings is 1. The van der Waals surface area contributed by atoms with E-state index in [1.807, 2.05) is 0 Å². The van der Waals surface area contributed by atoms with Crippen molar-refractivity contribution in [3.63, 3.8) is 0 Å². The van der Waals surface area contributed by atoms with Crippen molar-refractivity contribution in [2.45, 2.75) is 13.0 Å². The molecule has 2 aromatic carbocycles. The Labute approximate surface area is 173 Å². The minimum Gasteiger partial charge on any atom is -0.408 e. The first-order valence-corrected chi connectivity index (χ1v) is 9.51. The largest absolute Gasteiger partial charge is 0.419 e. The van der Waals surface area contributed by atoms with Crippen LogP contribution >= 0.6 is 0 Å². The highest BCUT2D eigenvalue weighted by Crippen LogP contribution is 2.22. The molecule has 0 aliphatic heterocycles. The Bertz CT molecular complexity index is 1540. The number of amides is 1. The topological polar surface area (TPSA) is 128 Å². The van der Waals surface area contributed by atoms with E-state index in [-0.39, 0.29) is 24.4 Å². The van der Waals surface area contributed by atoms with Crippen molar-refractivity contribution in [1.82, 2.24) is 24.3 Å². The first-order chi connectivity index (χ1) is 15.1. The van der Waals surface area contributed by atoms with Crippen LogP contribution in [-0.2, 0) is 11.3 Å². The highest BCUT2D eigenvalue weighted by Gasteiger charge is 2.15. The van der Waals surface area contributed by atoms with Gasteiger partial charge in [0.15, 0.2) is 11.2 Å². The van der Waals surface area contributed by atoms with Gasteiger partial charge in [0.1, 0.15) is 5.39 Å². The van der Waals surface area contributed by atoms with Crippen LogP contribution in [0, 0.1) is 0 Å². The van der Waals surface area contributed by atoms with Crippen molar-refractivity contribution in [3.05, 3.63) is 82.0 Å². The van der Waals surface area contributed by atoms with Crippen LogP contribution in [0.25, 0.3) is 27.8 Å². The monoisotopic (exact) mass is 416 g/mol. The normalized spacial score (nSPS) is 11.2. The number of carbonyl (C=O) groups excluding carboxylic acids is 1. The molecule has 0 unspecified atom stereocenters. The van der Waals surface area contributed by atoms with Gasteiger partial charge in [0.05, 0.1) is 29.4 Å². The number of aryl methyl sites for hydroxylation is 1. The van der Waals surface area contributed by atoms with Gasteiger partial charge in [0.2, 0.25) is 5.91 Å². The number of aromatic nitrogens is 5. The number of rotatable bonds is 5. The van der Waals surface area contributed by atoms with Crippen LogP contribution in [0.15, 0.2) is 75.1 Å². The summed E-state index contributed by atoms with van der Waals surface area (Å²) in [5.41, 5.74) is 2.27. The third kappa shape index (κ3) is 3.29. The summed E-state index contributed by atoms with van der Waals surface area (Å²) in [6, 6.07) is 14.1. The van der Waals surface area contributed by atoms with E-state index in [0.717, 1.165) is 0 Å². The van der Waals surface area contributed by atoms with Crippen molar-refractivity contribution in [1.29, 1.82) is 0 Å². The number of hydrogen-bond donors (Lipinski definition) is 2. The summed E-state index contributed by atoms with van der Waals surface area (Å²) in [6.07, 6.45) is 2.79. The average molecular weight is 416 g/mol. The SMILES string of the molecule is O=C(CCn1c(=O)oc2ccccc21)Nc1ccccc1-n1ncc2c(=O)[nH]cnc21. The Morgan fingerprint density at radius 2 is 1.90 bits per heavy atom. The van der Waals surface area contributed by atoms with Crippen molar-refractivity contribution in [2.24, 2.45) is 0 Å². The van der Waals surface area contributed by atoms with Crippen LogP contribution in [0.3, 0.4) is 0 Å². The number of hydrogen-bond acceptors (Lipinski definition) is 6. The van der Waals surface area contributed by atoms with Crippen molar-refractivity contribution in [2.75, 3.05) is 5.32 Å². The number of carbonyl (C=O) groups is 1. The Kier molecular flexibility index (Phi) is 4.43. The average Bonchev–Trinajstić information content (AvgIpc) is 3.34. The first kappa shape index (κ1) is 18.6. The molecular weight excluding hydrogens is 400 g/mol. The van der Waals surface area contributed by atoms with Gasteiger partial charge in [-0.1, -0.05) is 24.3 Å². The van der Waals surface area contributed by atoms with E-state index >= 15 is 0 Å². The molecule has 3 heterocycles. The molecule has 10 nitrogen and oxygen atoms in total. The highest BCUT2D eigenvalue weighted by atomic mass is 16.4. The maximum Gasteiger partial charge on any atom is 0.419 e. The molecule has 0 radical (unpaired) electrons. The second-order valence-corrected chi connectivity index (χ2v) is 6.83. The number of nitrogens with zero attached hydrogens (tertiary/aromatic N) is 4. The van der Waals surface area contributed by atoms with Crippen LogP contribution in [0.5, 0.6) is 0 Å². The van der Waals surface area contributed by atoms with Crippen molar-refractivity contribution in [3.8, 4) is 5.69 Å². The molecule has 0 atom stereocenters. The third-order valence-corrected chi connectivity index (χ3v) is 4.91. The molecule has 0 fully saturated rings. The summed E-state index contributed by atoms with van der Waals surface area (Å²) in [7, 11) is 0. The number of fused-ring (bicyclic) bond motifs is 2. The number of anilines is 1. The summed E-state index contributed by atoms with van der Waals surface area (Å²) < 4.78 is 8.12. The number of benzene rings is 2. The molecule has 0 saturated heterocycles.